The van der Waals surface area contributed by atoms with Gasteiger partial charge in [0.25, 0.3) is 0 Å². The first-order chi connectivity index (χ1) is 9.11. The molecular formula is C13H17FN2O3. The number of amides is 1. The van der Waals surface area contributed by atoms with Crippen LogP contribution in [0.4, 0.5) is 10.1 Å². The average molecular weight is 268 g/mol. The van der Waals surface area contributed by atoms with E-state index in [9.17, 15) is 9.18 Å². The molecule has 1 aliphatic rings. The molecule has 1 aliphatic heterocycles. The monoisotopic (exact) mass is 268 g/mol. The van der Waals surface area contributed by atoms with Gasteiger partial charge in [-0.2, -0.15) is 0 Å². The van der Waals surface area contributed by atoms with E-state index in [2.05, 4.69) is 5.32 Å². The van der Waals surface area contributed by atoms with Crippen molar-refractivity contribution in [3.8, 4) is 5.75 Å². The smallest absolute Gasteiger partial charge is 0.236 e. The number of anilines is 1. The number of nitrogens with one attached hydrogen (secondary N) is 1. The first-order valence-electron chi connectivity index (χ1n) is 6.13. The van der Waals surface area contributed by atoms with Crippen LogP contribution in [0, 0.1) is 11.2 Å². The van der Waals surface area contributed by atoms with Crippen LogP contribution in [-0.2, 0) is 9.53 Å². The van der Waals surface area contributed by atoms with Crippen molar-refractivity contribution in [2.75, 3.05) is 31.7 Å². The Morgan fingerprint density at radius 1 is 1.58 bits per heavy atom. The van der Waals surface area contributed by atoms with Crippen LogP contribution in [0.2, 0.25) is 0 Å². The standard InChI is InChI=1S/C13H17FN2O3/c1-2-19-11-4-3-9(5-10(11)14)16-12(17)13(6-15)7-18-8-13/h3-5H,2,6-8,15H2,1H3,(H,16,17). The topological polar surface area (TPSA) is 73.6 Å². The maximum atomic E-state index is 13.6. The largest absolute Gasteiger partial charge is 0.491 e. The van der Waals surface area contributed by atoms with Gasteiger partial charge >= 0.3 is 0 Å². The molecular weight excluding hydrogens is 251 g/mol. The molecule has 0 unspecified atom stereocenters. The van der Waals surface area contributed by atoms with Crippen LogP contribution in [0.1, 0.15) is 6.92 Å². The van der Waals surface area contributed by atoms with E-state index in [0.717, 1.165) is 0 Å². The van der Waals surface area contributed by atoms with Crippen LogP contribution >= 0.6 is 0 Å². The number of ether oxygens (including phenoxy) is 2. The molecule has 6 heteroatoms. The van der Waals surface area contributed by atoms with Gasteiger partial charge in [-0.25, -0.2) is 4.39 Å². The lowest BCUT2D eigenvalue weighted by Crippen LogP contribution is -2.56. The predicted molar refractivity (Wildman–Crippen MR) is 68.5 cm³/mol. The minimum absolute atomic E-state index is 0.168. The average Bonchev–Trinajstić information content (AvgIpc) is 2.32. The number of rotatable bonds is 5. The van der Waals surface area contributed by atoms with Crippen molar-refractivity contribution in [2.24, 2.45) is 11.1 Å². The van der Waals surface area contributed by atoms with Crippen LogP contribution in [0.25, 0.3) is 0 Å². The molecule has 0 radical (unpaired) electrons. The van der Waals surface area contributed by atoms with E-state index < -0.39 is 11.2 Å². The molecule has 0 atom stereocenters. The van der Waals surface area contributed by atoms with E-state index in [1.807, 2.05) is 0 Å². The zero-order chi connectivity index (χ0) is 13.9. The van der Waals surface area contributed by atoms with Crippen LogP contribution in [0.3, 0.4) is 0 Å². The van der Waals surface area contributed by atoms with Gasteiger partial charge < -0.3 is 20.5 Å². The second-order valence-electron chi connectivity index (χ2n) is 4.51. The molecule has 2 rings (SSSR count). The van der Waals surface area contributed by atoms with E-state index in [1.165, 1.54) is 12.1 Å². The molecule has 1 heterocycles. The lowest BCUT2D eigenvalue weighted by molar-refractivity contribution is -0.153. The van der Waals surface area contributed by atoms with Gasteiger partial charge in [0, 0.05) is 18.3 Å². The van der Waals surface area contributed by atoms with Gasteiger partial charge in [0.2, 0.25) is 5.91 Å². The normalized spacial score (nSPS) is 16.6. The van der Waals surface area contributed by atoms with Crippen LogP contribution in [0.5, 0.6) is 5.75 Å². The van der Waals surface area contributed by atoms with Crippen molar-refractivity contribution in [1.29, 1.82) is 0 Å². The van der Waals surface area contributed by atoms with E-state index in [-0.39, 0.29) is 18.2 Å². The molecule has 0 bridgehead atoms. The van der Waals surface area contributed by atoms with Gasteiger partial charge in [-0.15, -0.1) is 0 Å². The van der Waals surface area contributed by atoms with Crippen molar-refractivity contribution in [1.82, 2.24) is 0 Å². The number of benzene rings is 1. The Labute approximate surface area is 110 Å². The summed E-state index contributed by atoms with van der Waals surface area (Å²) in [5.41, 5.74) is 5.28. The highest BCUT2D eigenvalue weighted by Gasteiger charge is 2.44. The molecule has 0 aliphatic carbocycles. The second kappa shape index (κ2) is 5.54. The summed E-state index contributed by atoms with van der Waals surface area (Å²) in [6, 6.07) is 4.31. The molecule has 1 aromatic carbocycles. The highest BCUT2D eigenvalue weighted by Crippen LogP contribution is 2.29. The maximum Gasteiger partial charge on any atom is 0.236 e. The number of carbonyl (C=O) groups is 1. The summed E-state index contributed by atoms with van der Waals surface area (Å²) in [5.74, 6) is -0.586. The van der Waals surface area contributed by atoms with Crippen molar-refractivity contribution >= 4 is 11.6 Å². The molecule has 1 amide bonds. The number of hydrogen-bond acceptors (Lipinski definition) is 4. The van der Waals surface area contributed by atoms with E-state index >= 15 is 0 Å². The summed E-state index contributed by atoms with van der Waals surface area (Å²) in [4.78, 5) is 12.0. The molecule has 19 heavy (non-hydrogen) atoms. The minimum atomic E-state index is -0.685. The van der Waals surface area contributed by atoms with Crippen LogP contribution < -0.4 is 15.8 Å². The fraction of sp³-hybridized carbons (Fsp3) is 0.462. The third-order valence-electron chi connectivity index (χ3n) is 3.12. The fourth-order valence-electron chi connectivity index (χ4n) is 1.80. The van der Waals surface area contributed by atoms with Gasteiger partial charge in [0.05, 0.1) is 19.8 Å². The third-order valence-corrected chi connectivity index (χ3v) is 3.12. The summed E-state index contributed by atoms with van der Waals surface area (Å²) in [5, 5.41) is 2.65. The van der Waals surface area contributed by atoms with Gasteiger partial charge in [-0.05, 0) is 19.1 Å². The molecule has 1 aromatic rings. The van der Waals surface area contributed by atoms with Gasteiger partial charge in [0.15, 0.2) is 11.6 Å². The summed E-state index contributed by atoms with van der Waals surface area (Å²) in [6.07, 6.45) is 0. The Kier molecular flexibility index (Phi) is 4.01. The van der Waals surface area contributed by atoms with Gasteiger partial charge in [-0.1, -0.05) is 0 Å². The lowest BCUT2D eigenvalue weighted by atomic mass is 9.85. The predicted octanol–water partition coefficient (Wildman–Crippen LogP) is 1.14. The number of carbonyl (C=O) groups excluding carboxylic acids is 1. The van der Waals surface area contributed by atoms with Crippen LogP contribution in [0.15, 0.2) is 18.2 Å². The van der Waals surface area contributed by atoms with Crippen molar-refractivity contribution in [3.05, 3.63) is 24.0 Å². The summed E-state index contributed by atoms with van der Waals surface area (Å²) >= 11 is 0. The van der Waals surface area contributed by atoms with Gasteiger partial charge in [-0.3, -0.25) is 4.79 Å². The summed E-state index contributed by atoms with van der Waals surface area (Å²) in [7, 11) is 0. The zero-order valence-electron chi connectivity index (χ0n) is 10.7. The number of halogens is 1. The maximum absolute atomic E-state index is 13.6. The van der Waals surface area contributed by atoms with Crippen molar-refractivity contribution in [2.45, 2.75) is 6.92 Å². The highest BCUT2D eigenvalue weighted by molar-refractivity contribution is 5.96. The second-order valence-corrected chi connectivity index (χ2v) is 4.51. The lowest BCUT2D eigenvalue weighted by Gasteiger charge is -2.38. The van der Waals surface area contributed by atoms with Crippen LogP contribution in [-0.4, -0.2) is 32.3 Å². The summed E-state index contributed by atoms with van der Waals surface area (Å²) < 4.78 is 23.8. The van der Waals surface area contributed by atoms with Crippen molar-refractivity contribution in [3.63, 3.8) is 0 Å². The third kappa shape index (κ3) is 2.69. The number of hydrogen-bond donors (Lipinski definition) is 2. The number of nitrogens with two attached hydrogens (primary N) is 1. The fourth-order valence-corrected chi connectivity index (χ4v) is 1.80. The Hall–Kier alpha value is -1.66. The molecule has 1 fully saturated rings. The van der Waals surface area contributed by atoms with Crippen molar-refractivity contribution < 1.29 is 18.7 Å². The zero-order valence-corrected chi connectivity index (χ0v) is 10.7. The van der Waals surface area contributed by atoms with E-state index in [1.54, 1.807) is 13.0 Å². The first-order valence-corrected chi connectivity index (χ1v) is 6.13. The SMILES string of the molecule is CCOc1ccc(NC(=O)C2(CN)COC2)cc1F. The Morgan fingerprint density at radius 3 is 2.79 bits per heavy atom. The summed E-state index contributed by atoms with van der Waals surface area (Å²) in [6.45, 7) is 2.97. The van der Waals surface area contributed by atoms with E-state index in [0.29, 0.717) is 25.5 Å². The molecule has 0 aromatic heterocycles. The molecule has 0 spiro atoms. The molecule has 5 nitrogen and oxygen atoms in total. The molecule has 104 valence electrons. The van der Waals surface area contributed by atoms with E-state index in [4.69, 9.17) is 15.2 Å². The molecule has 3 N–H and O–H groups in total. The Bertz CT molecular complexity index is 469. The first kappa shape index (κ1) is 13.8. The Morgan fingerprint density at radius 2 is 2.32 bits per heavy atom. The molecule has 1 saturated heterocycles. The quantitative estimate of drug-likeness (QED) is 0.839. The highest BCUT2D eigenvalue weighted by atomic mass is 19.1. The van der Waals surface area contributed by atoms with Gasteiger partial charge in [0.1, 0.15) is 5.41 Å². The molecule has 0 saturated carbocycles. The minimum Gasteiger partial charge on any atom is -0.491 e. The Balaban J connectivity index is 2.07.